The molecule has 0 aliphatic rings. The molecule has 1 N–H and O–H groups in total. The van der Waals surface area contributed by atoms with E-state index in [0.29, 0.717) is 26.8 Å². The molecule has 1 aromatic heterocycles. The van der Waals surface area contributed by atoms with Crippen molar-refractivity contribution in [1.29, 1.82) is 0 Å². The number of likely N-dealkylation sites (N-methyl/N-ethyl adjacent to an activating group) is 1. The van der Waals surface area contributed by atoms with Crippen molar-refractivity contribution in [3.05, 3.63) is 76.3 Å². The molecule has 10 heteroatoms. The number of rotatable bonds is 8. The normalized spacial score (nSPS) is 10.7. The fraction of sp³-hybridized carbons (Fsp3) is 0.182. The van der Waals surface area contributed by atoms with Gasteiger partial charge in [-0.3, -0.25) is 19.0 Å². The molecular formula is C22H20ClFN4O3S. The Labute approximate surface area is 192 Å². The van der Waals surface area contributed by atoms with E-state index in [9.17, 15) is 18.8 Å². The van der Waals surface area contributed by atoms with Gasteiger partial charge in [0.15, 0.2) is 5.16 Å². The monoisotopic (exact) mass is 474 g/mol. The molecule has 7 nitrogen and oxygen atoms in total. The third kappa shape index (κ3) is 5.74. The minimum absolute atomic E-state index is 0.0318. The summed E-state index contributed by atoms with van der Waals surface area (Å²) >= 11 is 7.11. The molecule has 0 aliphatic carbocycles. The Morgan fingerprint density at radius 3 is 2.69 bits per heavy atom. The number of aromatic nitrogens is 2. The van der Waals surface area contributed by atoms with Crippen molar-refractivity contribution in [2.24, 2.45) is 0 Å². The zero-order valence-corrected chi connectivity index (χ0v) is 18.8. The summed E-state index contributed by atoms with van der Waals surface area (Å²) in [5.74, 6) is -1.18. The van der Waals surface area contributed by atoms with Crippen LogP contribution >= 0.6 is 23.4 Å². The average molecular weight is 475 g/mol. The van der Waals surface area contributed by atoms with Gasteiger partial charge in [-0.1, -0.05) is 29.4 Å². The number of carbonyl (C=O) groups is 2. The van der Waals surface area contributed by atoms with Gasteiger partial charge in [-0.15, -0.1) is 6.58 Å². The van der Waals surface area contributed by atoms with Crippen LogP contribution in [0.15, 0.2) is 65.1 Å². The highest BCUT2D eigenvalue weighted by atomic mass is 35.5. The number of amides is 2. The van der Waals surface area contributed by atoms with Gasteiger partial charge in [0.1, 0.15) is 5.82 Å². The van der Waals surface area contributed by atoms with Crippen molar-refractivity contribution in [3.8, 4) is 0 Å². The molecule has 0 unspecified atom stereocenters. The number of nitrogens with one attached hydrogen (secondary N) is 1. The number of halogens is 2. The van der Waals surface area contributed by atoms with Gasteiger partial charge in [-0.25, -0.2) is 9.37 Å². The number of benzene rings is 2. The SMILES string of the molecule is C=CCn1c(SCC(=O)N(C)CC(=O)Nc2ccc(F)cc2)nc2cc(Cl)ccc2c1=O. The molecule has 2 amide bonds. The molecule has 166 valence electrons. The van der Waals surface area contributed by atoms with E-state index in [4.69, 9.17) is 11.6 Å². The summed E-state index contributed by atoms with van der Waals surface area (Å²) in [5.41, 5.74) is 0.609. The number of fused-ring (bicyclic) bond motifs is 1. The summed E-state index contributed by atoms with van der Waals surface area (Å²) in [5, 5.41) is 3.82. The molecule has 3 aromatic rings. The van der Waals surface area contributed by atoms with Crippen molar-refractivity contribution in [3.63, 3.8) is 0 Å². The number of hydrogen-bond acceptors (Lipinski definition) is 5. The van der Waals surface area contributed by atoms with Crippen LogP contribution in [-0.4, -0.2) is 45.6 Å². The summed E-state index contributed by atoms with van der Waals surface area (Å²) in [6.45, 7) is 3.72. The van der Waals surface area contributed by atoms with Gasteiger partial charge in [-0.05, 0) is 42.5 Å². The lowest BCUT2D eigenvalue weighted by molar-refractivity contribution is -0.131. The number of allylic oxidation sites excluding steroid dienone is 1. The summed E-state index contributed by atoms with van der Waals surface area (Å²) in [4.78, 5) is 43.3. The van der Waals surface area contributed by atoms with Crippen LogP contribution in [0.3, 0.4) is 0 Å². The summed E-state index contributed by atoms with van der Waals surface area (Å²) < 4.78 is 14.4. The van der Waals surface area contributed by atoms with E-state index < -0.39 is 11.7 Å². The molecule has 0 aliphatic heterocycles. The highest BCUT2D eigenvalue weighted by molar-refractivity contribution is 7.99. The van der Waals surface area contributed by atoms with Gasteiger partial charge < -0.3 is 10.2 Å². The minimum Gasteiger partial charge on any atom is -0.336 e. The van der Waals surface area contributed by atoms with Crippen molar-refractivity contribution >= 4 is 51.8 Å². The first-order chi connectivity index (χ1) is 15.3. The zero-order chi connectivity index (χ0) is 23.3. The molecule has 1 heterocycles. The molecule has 0 bridgehead atoms. The van der Waals surface area contributed by atoms with Gasteiger partial charge in [0.05, 0.1) is 23.2 Å². The van der Waals surface area contributed by atoms with Gasteiger partial charge in [0.2, 0.25) is 11.8 Å². The first-order valence-corrected chi connectivity index (χ1v) is 10.9. The minimum atomic E-state index is -0.417. The fourth-order valence-corrected chi connectivity index (χ4v) is 3.96. The van der Waals surface area contributed by atoms with E-state index in [1.54, 1.807) is 24.3 Å². The van der Waals surface area contributed by atoms with Gasteiger partial charge in [0.25, 0.3) is 5.56 Å². The molecule has 0 saturated carbocycles. The molecule has 2 aromatic carbocycles. The maximum Gasteiger partial charge on any atom is 0.262 e. The fourth-order valence-electron chi connectivity index (χ4n) is 2.85. The van der Waals surface area contributed by atoms with Gasteiger partial charge in [0, 0.05) is 24.3 Å². The Morgan fingerprint density at radius 2 is 2.00 bits per heavy atom. The topological polar surface area (TPSA) is 84.3 Å². The lowest BCUT2D eigenvalue weighted by Gasteiger charge is -2.17. The lowest BCUT2D eigenvalue weighted by atomic mass is 10.2. The molecule has 0 radical (unpaired) electrons. The summed E-state index contributed by atoms with van der Waals surface area (Å²) in [6, 6.07) is 10.1. The second-order valence-corrected chi connectivity index (χ2v) is 8.23. The number of anilines is 1. The number of carbonyl (C=O) groups excluding carboxylic acids is 2. The second kappa shape index (κ2) is 10.4. The van der Waals surface area contributed by atoms with Crippen LogP contribution in [-0.2, 0) is 16.1 Å². The van der Waals surface area contributed by atoms with E-state index in [1.165, 1.54) is 40.8 Å². The van der Waals surface area contributed by atoms with Crippen molar-refractivity contribution in [2.45, 2.75) is 11.7 Å². The Balaban J connectivity index is 1.68. The smallest absolute Gasteiger partial charge is 0.262 e. The van der Waals surface area contributed by atoms with E-state index in [-0.39, 0.29) is 30.3 Å². The van der Waals surface area contributed by atoms with Crippen LogP contribution < -0.4 is 10.9 Å². The third-order valence-electron chi connectivity index (χ3n) is 4.45. The second-order valence-electron chi connectivity index (χ2n) is 6.85. The lowest BCUT2D eigenvalue weighted by Crippen LogP contribution is -2.36. The highest BCUT2D eigenvalue weighted by Gasteiger charge is 2.17. The quantitative estimate of drug-likeness (QED) is 0.306. The Morgan fingerprint density at radius 1 is 1.28 bits per heavy atom. The van der Waals surface area contributed by atoms with Crippen LogP contribution in [0.4, 0.5) is 10.1 Å². The standard InChI is InChI=1S/C22H20ClFN4O3S/c1-3-10-28-21(31)17-9-4-14(23)11-18(17)26-22(28)32-13-20(30)27(2)12-19(29)25-16-7-5-15(24)6-8-16/h3-9,11H,1,10,12-13H2,2H3,(H,25,29). The van der Waals surface area contributed by atoms with Crippen LogP contribution in [0.2, 0.25) is 5.02 Å². The number of hydrogen-bond donors (Lipinski definition) is 1. The van der Waals surface area contributed by atoms with Crippen molar-refractivity contribution < 1.29 is 14.0 Å². The molecule has 0 saturated heterocycles. The average Bonchev–Trinajstić information content (AvgIpc) is 2.75. The summed E-state index contributed by atoms with van der Waals surface area (Å²) in [7, 11) is 1.50. The molecule has 0 fully saturated rings. The maximum atomic E-state index is 13.0. The van der Waals surface area contributed by atoms with E-state index in [0.717, 1.165) is 11.8 Å². The first kappa shape index (κ1) is 23.5. The molecule has 0 spiro atoms. The van der Waals surface area contributed by atoms with E-state index >= 15 is 0 Å². The summed E-state index contributed by atoms with van der Waals surface area (Å²) in [6.07, 6.45) is 1.57. The Bertz CT molecular complexity index is 1230. The largest absolute Gasteiger partial charge is 0.336 e. The van der Waals surface area contributed by atoms with Crippen LogP contribution in [0.1, 0.15) is 0 Å². The molecular weight excluding hydrogens is 455 g/mol. The number of thioether (sulfide) groups is 1. The highest BCUT2D eigenvalue weighted by Crippen LogP contribution is 2.21. The van der Waals surface area contributed by atoms with Crippen molar-refractivity contribution in [1.82, 2.24) is 14.5 Å². The van der Waals surface area contributed by atoms with Crippen molar-refractivity contribution in [2.75, 3.05) is 24.7 Å². The predicted octanol–water partition coefficient (Wildman–Crippen LogP) is 3.56. The van der Waals surface area contributed by atoms with E-state index in [2.05, 4.69) is 16.9 Å². The maximum absolute atomic E-state index is 13.0. The van der Waals surface area contributed by atoms with Gasteiger partial charge in [-0.2, -0.15) is 0 Å². The van der Waals surface area contributed by atoms with Gasteiger partial charge >= 0.3 is 0 Å². The number of nitrogens with zero attached hydrogens (tertiary/aromatic N) is 3. The predicted molar refractivity (Wildman–Crippen MR) is 125 cm³/mol. The molecule has 3 rings (SSSR count). The zero-order valence-electron chi connectivity index (χ0n) is 17.2. The Hall–Kier alpha value is -3.17. The molecule has 0 atom stereocenters. The van der Waals surface area contributed by atoms with E-state index in [1.807, 2.05) is 0 Å². The van der Waals surface area contributed by atoms with Crippen LogP contribution in [0, 0.1) is 5.82 Å². The first-order valence-electron chi connectivity index (χ1n) is 9.51. The molecule has 32 heavy (non-hydrogen) atoms. The Kier molecular flexibility index (Phi) is 7.66. The van der Waals surface area contributed by atoms with Crippen LogP contribution in [0.25, 0.3) is 10.9 Å². The van der Waals surface area contributed by atoms with Crippen LogP contribution in [0.5, 0.6) is 0 Å². The third-order valence-corrected chi connectivity index (χ3v) is 5.65.